The summed E-state index contributed by atoms with van der Waals surface area (Å²) in [6.45, 7) is 0.324. The Bertz CT molecular complexity index is 1020. The summed E-state index contributed by atoms with van der Waals surface area (Å²) in [7, 11) is 1.27. The predicted molar refractivity (Wildman–Crippen MR) is 102 cm³/mol. The molecule has 0 bridgehead atoms. The van der Waals surface area contributed by atoms with E-state index in [0.29, 0.717) is 23.1 Å². The van der Waals surface area contributed by atoms with Gasteiger partial charge >= 0.3 is 5.97 Å². The quantitative estimate of drug-likeness (QED) is 0.676. The van der Waals surface area contributed by atoms with Crippen molar-refractivity contribution in [3.05, 3.63) is 76.6 Å². The van der Waals surface area contributed by atoms with Gasteiger partial charge in [0.2, 0.25) is 0 Å². The smallest absolute Gasteiger partial charge is 0.357 e. The van der Waals surface area contributed by atoms with Crippen molar-refractivity contribution in [2.75, 3.05) is 12.8 Å². The van der Waals surface area contributed by atoms with Crippen LogP contribution in [0.15, 0.2) is 54.7 Å². The van der Waals surface area contributed by atoms with Crippen molar-refractivity contribution in [3.63, 3.8) is 0 Å². The first-order chi connectivity index (χ1) is 13.0. The number of carbonyl (C=O) groups is 1. The van der Waals surface area contributed by atoms with Gasteiger partial charge in [0, 0.05) is 16.9 Å². The summed E-state index contributed by atoms with van der Waals surface area (Å²) in [5.74, 6) is 0.0776. The molecular formula is C20H16ClN3O3. The molecule has 0 fully saturated rings. The molecule has 7 heteroatoms. The van der Waals surface area contributed by atoms with Gasteiger partial charge in [0.25, 0.3) is 0 Å². The molecule has 0 saturated carbocycles. The second-order valence-corrected chi connectivity index (χ2v) is 6.13. The number of hydrogen-bond acceptors (Lipinski definition) is 5. The second kappa shape index (κ2) is 7.85. The summed E-state index contributed by atoms with van der Waals surface area (Å²) in [5.41, 5.74) is 7.89. The van der Waals surface area contributed by atoms with Crippen molar-refractivity contribution in [2.45, 2.75) is 6.61 Å². The number of halogens is 1. The Morgan fingerprint density at radius 1 is 1.26 bits per heavy atom. The molecular weight excluding hydrogens is 366 g/mol. The van der Waals surface area contributed by atoms with Crippen LogP contribution in [0.3, 0.4) is 0 Å². The first-order valence-corrected chi connectivity index (χ1v) is 8.38. The summed E-state index contributed by atoms with van der Waals surface area (Å²) in [6.07, 6.45) is 1.51. The summed E-state index contributed by atoms with van der Waals surface area (Å²) in [4.78, 5) is 12.1. The number of aromatic nitrogens is 1. The van der Waals surface area contributed by atoms with Gasteiger partial charge in [-0.1, -0.05) is 23.7 Å². The number of nitrogen functional groups attached to an aromatic ring is 1. The highest BCUT2D eigenvalue weighted by atomic mass is 35.5. The van der Waals surface area contributed by atoms with Gasteiger partial charge in [0.1, 0.15) is 18.4 Å². The maximum atomic E-state index is 12.1. The van der Waals surface area contributed by atoms with E-state index in [2.05, 4.69) is 0 Å². The van der Waals surface area contributed by atoms with Crippen molar-refractivity contribution >= 4 is 23.3 Å². The van der Waals surface area contributed by atoms with Crippen LogP contribution in [-0.4, -0.2) is 17.6 Å². The summed E-state index contributed by atoms with van der Waals surface area (Å²) < 4.78 is 12.1. The lowest BCUT2D eigenvalue weighted by atomic mass is 10.2. The molecule has 0 unspecified atom stereocenters. The molecule has 0 aliphatic carbocycles. The molecule has 1 aromatic heterocycles. The van der Waals surface area contributed by atoms with Gasteiger partial charge in [0.05, 0.1) is 18.4 Å². The minimum atomic E-state index is -0.614. The van der Waals surface area contributed by atoms with Crippen LogP contribution in [0, 0.1) is 11.3 Å². The number of hydrogen-bond donors (Lipinski definition) is 1. The molecule has 3 rings (SSSR count). The van der Waals surface area contributed by atoms with Crippen LogP contribution < -0.4 is 10.5 Å². The monoisotopic (exact) mass is 381 g/mol. The van der Waals surface area contributed by atoms with E-state index < -0.39 is 5.97 Å². The molecule has 136 valence electrons. The molecule has 3 aromatic rings. The number of esters is 1. The van der Waals surface area contributed by atoms with Crippen LogP contribution in [0.1, 0.15) is 21.6 Å². The van der Waals surface area contributed by atoms with Gasteiger partial charge in [-0.15, -0.1) is 0 Å². The molecule has 0 radical (unpaired) electrons. The van der Waals surface area contributed by atoms with Crippen molar-refractivity contribution in [1.29, 1.82) is 5.26 Å². The van der Waals surface area contributed by atoms with E-state index in [1.54, 1.807) is 34.9 Å². The summed E-state index contributed by atoms with van der Waals surface area (Å²) >= 11 is 5.87. The number of nitrogens with two attached hydrogens (primary N) is 1. The van der Waals surface area contributed by atoms with Gasteiger partial charge in [-0.2, -0.15) is 5.26 Å². The predicted octanol–water partition coefficient (Wildman–Crippen LogP) is 3.95. The Balaban J connectivity index is 1.90. The van der Waals surface area contributed by atoms with Crippen molar-refractivity contribution in [1.82, 2.24) is 4.57 Å². The van der Waals surface area contributed by atoms with Crippen molar-refractivity contribution in [3.8, 4) is 17.5 Å². The molecule has 1 heterocycles. The minimum absolute atomic E-state index is 0.0900. The summed E-state index contributed by atoms with van der Waals surface area (Å²) in [6, 6.07) is 16.4. The summed E-state index contributed by atoms with van der Waals surface area (Å²) in [5, 5.41) is 9.85. The van der Waals surface area contributed by atoms with E-state index >= 15 is 0 Å². The number of methoxy groups -OCH3 is 1. The molecule has 0 spiro atoms. The van der Waals surface area contributed by atoms with Gasteiger partial charge in [0.15, 0.2) is 5.69 Å². The number of benzene rings is 2. The zero-order chi connectivity index (χ0) is 19.4. The second-order valence-electron chi connectivity index (χ2n) is 5.69. The van der Waals surface area contributed by atoms with Crippen LogP contribution >= 0.6 is 11.6 Å². The van der Waals surface area contributed by atoms with Crippen LogP contribution in [-0.2, 0) is 11.3 Å². The van der Waals surface area contributed by atoms with Gasteiger partial charge in [-0.05, 0) is 42.0 Å². The molecule has 0 atom stereocenters. The van der Waals surface area contributed by atoms with E-state index in [9.17, 15) is 10.1 Å². The Labute approximate surface area is 161 Å². The maximum absolute atomic E-state index is 12.1. The third kappa shape index (κ3) is 3.89. The topological polar surface area (TPSA) is 90.3 Å². The number of nitrogens with zero attached hydrogens (tertiary/aromatic N) is 2. The fourth-order valence-corrected chi connectivity index (χ4v) is 2.74. The highest BCUT2D eigenvalue weighted by Gasteiger charge is 2.21. The Kier molecular flexibility index (Phi) is 5.34. The highest BCUT2D eigenvalue weighted by Crippen LogP contribution is 2.25. The maximum Gasteiger partial charge on any atom is 0.357 e. The molecule has 2 aromatic carbocycles. The van der Waals surface area contributed by atoms with E-state index in [-0.39, 0.29) is 16.9 Å². The lowest BCUT2D eigenvalue weighted by Crippen LogP contribution is -2.11. The molecule has 6 nitrogen and oxygen atoms in total. The Morgan fingerprint density at radius 3 is 2.67 bits per heavy atom. The molecule has 0 amide bonds. The van der Waals surface area contributed by atoms with Crippen LogP contribution in [0.4, 0.5) is 5.69 Å². The van der Waals surface area contributed by atoms with E-state index in [1.165, 1.54) is 13.3 Å². The average molecular weight is 382 g/mol. The molecule has 0 saturated heterocycles. The van der Waals surface area contributed by atoms with Crippen LogP contribution in [0.25, 0.3) is 5.69 Å². The fourth-order valence-electron chi connectivity index (χ4n) is 2.61. The standard InChI is InChI=1S/C20H16ClN3O3/c1-26-20(25)19-18(23)14(10-22)11-24(19)16-4-2-3-13(9-16)12-27-17-7-5-15(21)6-8-17/h2-9,11H,12,23H2,1H3. The zero-order valence-electron chi connectivity index (χ0n) is 14.5. The molecule has 2 N–H and O–H groups in total. The van der Waals surface area contributed by atoms with E-state index in [0.717, 1.165) is 5.56 Å². The lowest BCUT2D eigenvalue weighted by Gasteiger charge is -2.11. The third-order valence-electron chi connectivity index (χ3n) is 3.95. The van der Waals surface area contributed by atoms with Crippen molar-refractivity contribution in [2.24, 2.45) is 0 Å². The van der Waals surface area contributed by atoms with E-state index in [1.807, 2.05) is 24.3 Å². The number of rotatable bonds is 5. The van der Waals surface area contributed by atoms with Crippen LogP contribution in [0.2, 0.25) is 5.02 Å². The number of carbonyl (C=O) groups excluding carboxylic acids is 1. The van der Waals surface area contributed by atoms with Crippen LogP contribution in [0.5, 0.6) is 5.75 Å². The molecule has 0 aliphatic heterocycles. The number of nitriles is 1. The zero-order valence-corrected chi connectivity index (χ0v) is 15.2. The number of ether oxygens (including phenoxy) is 2. The van der Waals surface area contributed by atoms with Gasteiger partial charge < -0.3 is 19.8 Å². The number of anilines is 1. The van der Waals surface area contributed by atoms with Crippen molar-refractivity contribution < 1.29 is 14.3 Å². The normalized spacial score (nSPS) is 10.3. The minimum Gasteiger partial charge on any atom is -0.489 e. The molecule has 27 heavy (non-hydrogen) atoms. The fraction of sp³-hybridized carbons (Fsp3) is 0.100. The molecule has 0 aliphatic rings. The Hall–Kier alpha value is -3.43. The first-order valence-electron chi connectivity index (χ1n) is 8.00. The van der Waals surface area contributed by atoms with Gasteiger partial charge in [-0.3, -0.25) is 0 Å². The van der Waals surface area contributed by atoms with Gasteiger partial charge in [-0.25, -0.2) is 4.79 Å². The van der Waals surface area contributed by atoms with E-state index in [4.69, 9.17) is 26.8 Å². The lowest BCUT2D eigenvalue weighted by molar-refractivity contribution is 0.0593. The average Bonchev–Trinajstić information content (AvgIpc) is 3.03. The third-order valence-corrected chi connectivity index (χ3v) is 4.20. The SMILES string of the molecule is COC(=O)c1c(N)c(C#N)cn1-c1cccc(COc2ccc(Cl)cc2)c1. The largest absolute Gasteiger partial charge is 0.489 e. The highest BCUT2D eigenvalue weighted by molar-refractivity contribution is 6.30. The Morgan fingerprint density at radius 2 is 2.00 bits per heavy atom. The first kappa shape index (κ1) is 18.4.